The van der Waals surface area contributed by atoms with Crippen LogP contribution in [0.15, 0.2) is 58.6 Å². The average molecular weight is 329 g/mol. The molecule has 0 heterocycles. The van der Waals surface area contributed by atoms with Crippen molar-refractivity contribution in [3.8, 4) is 0 Å². The first-order chi connectivity index (χ1) is 11.9. The van der Waals surface area contributed by atoms with Crippen molar-refractivity contribution in [2.75, 3.05) is 0 Å². The van der Waals surface area contributed by atoms with E-state index < -0.39 is 0 Å². The first kappa shape index (κ1) is 17.4. The van der Waals surface area contributed by atoms with Gasteiger partial charge in [-0.3, -0.25) is 4.99 Å². The van der Waals surface area contributed by atoms with E-state index in [1.807, 2.05) is 0 Å². The second-order valence-corrected chi connectivity index (χ2v) is 7.18. The molecule has 3 rings (SSSR count). The van der Waals surface area contributed by atoms with E-state index in [4.69, 9.17) is 4.99 Å². The van der Waals surface area contributed by atoms with Crippen LogP contribution in [0.4, 0.5) is 5.69 Å². The molecule has 0 radical (unpaired) electrons. The Kier molecular flexibility index (Phi) is 4.76. The number of aryl methyl sites for hydroxylation is 3. The van der Waals surface area contributed by atoms with Crippen molar-refractivity contribution in [2.24, 2.45) is 4.99 Å². The highest BCUT2D eigenvalue weighted by molar-refractivity contribution is 6.05. The van der Waals surface area contributed by atoms with Crippen LogP contribution in [0.1, 0.15) is 55.0 Å². The number of rotatable bonds is 3. The van der Waals surface area contributed by atoms with E-state index in [2.05, 4.69) is 84.0 Å². The molecule has 1 aliphatic carbocycles. The van der Waals surface area contributed by atoms with Crippen LogP contribution in [0.2, 0.25) is 0 Å². The fourth-order valence-corrected chi connectivity index (χ4v) is 3.75. The molecule has 0 N–H and O–H groups in total. The maximum Gasteiger partial charge on any atom is 0.0691 e. The van der Waals surface area contributed by atoms with Crippen molar-refractivity contribution in [3.05, 3.63) is 81.4 Å². The van der Waals surface area contributed by atoms with Crippen LogP contribution < -0.4 is 0 Å². The summed E-state index contributed by atoms with van der Waals surface area (Å²) in [6, 6.07) is 13.1. The highest BCUT2D eigenvalue weighted by atomic mass is 14.8. The zero-order valence-electron chi connectivity index (χ0n) is 16.2. The Hall–Kier alpha value is -2.41. The monoisotopic (exact) mass is 329 g/mol. The molecule has 0 aromatic heterocycles. The molecular weight excluding hydrogens is 302 g/mol. The summed E-state index contributed by atoms with van der Waals surface area (Å²) in [5.74, 6) is 0. The third kappa shape index (κ3) is 3.37. The van der Waals surface area contributed by atoms with E-state index in [0.29, 0.717) is 0 Å². The van der Waals surface area contributed by atoms with Gasteiger partial charge in [0.05, 0.1) is 5.69 Å². The van der Waals surface area contributed by atoms with Crippen LogP contribution >= 0.6 is 0 Å². The fraction of sp³-hybridized carbons (Fsp3) is 0.292. The smallest absolute Gasteiger partial charge is 0.0691 e. The van der Waals surface area contributed by atoms with Gasteiger partial charge in [0.25, 0.3) is 0 Å². The topological polar surface area (TPSA) is 12.4 Å². The molecule has 0 atom stereocenters. The first-order valence-corrected chi connectivity index (χ1v) is 8.98. The molecule has 0 amide bonds. The molecule has 0 saturated carbocycles. The minimum atomic E-state index is 1.02. The number of hydrogen-bond acceptors (Lipinski definition) is 1. The van der Waals surface area contributed by atoms with Gasteiger partial charge >= 0.3 is 0 Å². The van der Waals surface area contributed by atoms with Crippen molar-refractivity contribution in [1.82, 2.24) is 0 Å². The Bertz CT molecular complexity index is 900. The number of hydrogen-bond donors (Lipinski definition) is 0. The molecule has 2 aromatic rings. The van der Waals surface area contributed by atoms with Gasteiger partial charge in [-0.05, 0) is 75.8 Å². The van der Waals surface area contributed by atoms with E-state index >= 15 is 0 Å². The summed E-state index contributed by atoms with van der Waals surface area (Å²) in [7, 11) is 0. The number of allylic oxidation sites excluding steroid dienone is 4. The van der Waals surface area contributed by atoms with Gasteiger partial charge in [0.15, 0.2) is 0 Å². The van der Waals surface area contributed by atoms with Crippen LogP contribution in [-0.4, -0.2) is 5.71 Å². The van der Waals surface area contributed by atoms with Crippen LogP contribution in [0, 0.1) is 20.8 Å². The molecule has 25 heavy (non-hydrogen) atoms. The molecule has 2 aromatic carbocycles. The molecule has 0 aliphatic heterocycles. The van der Waals surface area contributed by atoms with Gasteiger partial charge in [0, 0.05) is 11.3 Å². The number of benzene rings is 2. The normalized spacial score (nSPS) is 15.0. The Labute approximate surface area is 151 Å². The first-order valence-electron chi connectivity index (χ1n) is 8.98. The van der Waals surface area contributed by atoms with Gasteiger partial charge in [-0.2, -0.15) is 0 Å². The lowest BCUT2D eigenvalue weighted by molar-refractivity contribution is 1.28. The summed E-state index contributed by atoms with van der Waals surface area (Å²) in [6.45, 7) is 13.0. The molecule has 0 spiro atoms. The maximum atomic E-state index is 5.02. The van der Waals surface area contributed by atoms with Gasteiger partial charge in [0.2, 0.25) is 0 Å². The third-order valence-electron chi connectivity index (χ3n) is 5.21. The van der Waals surface area contributed by atoms with Crippen molar-refractivity contribution >= 4 is 17.0 Å². The van der Waals surface area contributed by atoms with Crippen molar-refractivity contribution in [3.63, 3.8) is 0 Å². The zero-order chi connectivity index (χ0) is 18.1. The largest absolute Gasteiger partial charge is 0.253 e. The van der Waals surface area contributed by atoms with E-state index in [9.17, 15) is 0 Å². The zero-order valence-corrected chi connectivity index (χ0v) is 16.2. The molecule has 128 valence electrons. The summed E-state index contributed by atoms with van der Waals surface area (Å²) in [4.78, 5) is 5.02. The molecule has 1 aliphatic rings. The molecule has 0 unspecified atom stereocenters. The number of aliphatic imine (C=N–C) groups is 1. The fourth-order valence-electron chi connectivity index (χ4n) is 3.75. The van der Waals surface area contributed by atoms with Crippen molar-refractivity contribution in [1.29, 1.82) is 0 Å². The quantitative estimate of drug-likeness (QED) is 0.544. The Balaban J connectivity index is 2.10. The molecular formula is C24H27N. The lowest BCUT2D eigenvalue weighted by Gasteiger charge is -2.14. The van der Waals surface area contributed by atoms with E-state index in [1.165, 1.54) is 44.5 Å². The minimum Gasteiger partial charge on any atom is -0.253 e. The van der Waals surface area contributed by atoms with Crippen LogP contribution in [-0.2, 0) is 0 Å². The predicted molar refractivity (Wildman–Crippen MR) is 110 cm³/mol. The minimum absolute atomic E-state index is 1.02. The van der Waals surface area contributed by atoms with Crippen molar-refractivity contribution in [2.45, 2.75) is 48.0 Å². The van der Waals surface area contributed by atoms with Crippen LogP contribution in [0.3, 0.4) is 0 Å². The summed E-state index contributed by atoms with van der Waals surface area (Å²) in [5, 5.41) is 0. The summed E-state index contributed by atoms with van der Waals surface area (Å²) < 4.78 is 0. The highest BCUT2D eigenvalue weighted by Gasteiger charge is 2.16. The van der Waals surface area contributed by atoms with E-state index in [0.717, 1.165) is 17.8 Å². The Morgan fingerprint density at radius 1 is 0.920 bits per heavy atom. The number of nitrogens with zero attached hydrogens (tertiary/aromatic N) is 1. The molecule has 0 fully saturated rings. The maximum absolute atomic E-state index is 5.02. The molecule has 1 heteroatoms. The van der Waals surface area contributed by atoms with Gasteiger partial charge in [-0.1, -0.05) is 53.6 Å². The lowest BCUT2D eigenvalue weighted by atomic mass is 9.93. The second kappa shape index (κ2) is 6.84. The van der Waals surface area contributed by atoms with Crippen molar-refractivity contribution < 1.29 is 0 Å². The van der Waals surface area contributed by atoms with Crippen LogP contribution in [0.25, 0.3) is 5.57 Å². The lowest BCUT2D eigenvalue weighted by Crippen LogP contribution is -2.01. The second-order valence-electron chi connectivity index (χ2n) is 7.18. The molecule has 0 bridgehead atoms. The molecule has 0 saturated heterocycles. The third-order valence-corrected chi connectivity index (χ3v) is 5.21. The average Bonchev–Trinajstić information content (AvgIpc) is 2.90. The standard InChI is InChI=1S/C24H27N/c1-15-13-17(3)24(18(4)14-15)25-20(6)22-9-7-8-10-23(22)21-12-11-16(2)19(21)5/h7-11,13-14H,12H2,1-6H3/b25-20+. The summed E-state index contributed by atoms with van der Waals surface area (Å²) in [5.41, 5.74) is 12.7. The Morgan fingerprint density at radius 2 is 1.56 bits per heavy atom. The van der Waals surface area contributed by atoms with Gasteiger partial charge < -0.3 is 0 Å². The van der Waals surface area contributed by atoms with Gasteiger partial charge in [-0.25, -0.2) is 0 Å². The SMILES string of the molecule is CC1=CCC(c2ccccc2/C(C)=N/c2c(C)cc(C)cc2C)=C1C. The Morgan fingerprint density at radius 3 is 2.16 bits per heavy atom. The van der Waals surface area contributed by atoms with Gasteiger partial charge in [0.1, 0.15) is 0 Å². The predicted octanol–water partition coefficient (Wildman–Crippen LogP) is 6.88. The van der Waals surface area contributed by atoms with Gasteiger partial charge in [-0.15, -0.1) is 0 Å². The summed E-state index contributed by atoms with van der Waals surface area (Å²) in [6.07, 6.45) is 3.34. The molecule has 1 nitrogen and oxygen atoms in total. The van der Waals surface area contributed by atoms with E-state index in [-0.39, 0.29) is 0 Å². The van der Waals surface area contributed by atoms with Crippen LogP contribution in [0.5, 0.6) is 0 Å². The summed E-state index contributed by atoms with van der Waals surface area (Å²) >= 11 is 0. The van der Waals surface area contributed by atoms with E-state index in [1.54, 1.807) is 0 Å². The highest BCUT2D eigenvalue weighted by Crippen LogP contribution is 2.35.